The fraction of sp³-hybridized carbons (Fsp3) is 0.588. The first-order valence-corrected chi connectivity index (χ1v) is 7.31. The van der Waals surface area contributed by atoms with Crippen LogP contribution in [0.2, 0.25) is 0 Å². The smallest absolute Gasteiger partial charge is 0.143 e. The first kappa shape index (κ1) is 13.3. The highest BCUT2D eigenvalue weighted by Gasteiger charge is 2.30. The van der Waals surface area contributed by atoms with Crippen LogP contribution in [0.15, 0.2) is 30.3 Å². The molecule has 0 radical (unpaired) electrons. The molecular formula is C17H24O. The molecule has 98 valence electrons. The van der Waals surface area contributed by atoms with Gasteiger partial charge in [-0.1, -0.05) is 57.0 Å². The SMILES string of the molecule is CCC(C(=O)C1CCCC(C)C1)c1ccccc1. The molecule has 18 heavy (non-hydrogen) atoms. The molecule has 1 heteroatoms. The van der Waals surface area contributed by atoms with E-state index in [1.165, 1.54) is 18.4 Å². The molecule has 3 unspecified atom stereocenters. The lowest BCUT2D eigenvalue weighted by Crippen LogP contribution is -2.26. The van der Waals surface area contributed by atoms with E-state index in [1.54, 1.807) is 0 Å². The minimum absolute atomic E-state index is 0.112. The van der Waals surface area contributed by atoms with Gasteiger partial charge in [-0.25, -0.2) is 0 Å². The number of carbonyl (C=O) groups excluding carboxylic acids is 1. The van der Waals surface area contributed by atoms with Crippen LogP contribution in [0.4, 0.5) is 0 Å². The average molecular weight is 244 g/mol. The zero-order valence-electron chi connectivity index (χ0n) is 11.6. The van der Waals surface area contributed by atoms with Crippen molar-refractivity contribution in [2.75, 3.05) is 0 Å². The van der Waals surface area contributed by atoms with Gasteiger partial charge >= 0.3 is 0 Å². The van der Waals surface area contributed by atoms with Crippen LogP contribution in [0.1, 0.15) is 57.4 Å². The zero-order valence-corrected chi connectivity index (χ0v) is 11.6. The van der Waals surface area contributed by atoms with Crippen molar-refractivity contribution in [3.63, 3.8) is 0 Å². The largest absolute Gasteiger partial charge is 0.299 e. The van der Waals surface area contributed by atoms with Gasteiger partial charge in [0, 0.05) is 11.8 Å². The van der Waals surface area contributed by atoms with Gasteiger partial charge < -0.3 is 0 Å². The third kappa shape index (κ3) is 3.01. The summed E-state index contributed by atoms with van der Waals surface area (Å²) < 4.78 is 0. The summed E-state index contributed by atoms with van der Waals surface area (Å²) in [6.45, 7) is 4.41. The van der Waals surface area contributed by atoms with E-state index in [-0.39, 0.29) is 5.92 Å². The summed E-state index contributed by atoms with van der Waals surface area (Å²) in [5.41, 5.74) is 1.20. The van der Waals surface area contributed by atoms with Gasteiger partial charge in [0.25, 0.3) is 0 Å². The van der Waals surface area contributed by atoms with E-state index in [0.717, 1.165) is 25.2 Å². The second-order valence-corrected chi connectivity index (χ2v) is 5.74. The van der Waals surface area contributed by atoms with Crippen molar-refractivity contribution in [1.29, 1.82) is 0 Å². The molecule has 3 atom stereocenters. The molecular weight excluding hydrogens is 220 g/mol. The number of hydrogen-bond acceptors (Lipinski definition) is 1. The van der Waals surface area contributed by atoms with Gasteiger partial charge in [0.05, 0.1) is 0 Å². The molecule has 0 aromatic heterocycles. The molecule has 2 rings (SSSR count). The van der Waals surface area contributed by atoms with Gasteiger partial charge in [-0.15, -0.1) is 0 Å². The van der Waals surface area contributed by atoms with Gasteiger partial charge in [0.1, 0.15) is 5.78 Å². The minimum Gasteiger partial charge on any atom is -0.299 e. The second-order valence-electron chi connectivity index (χ2n) is 5.74. The monoisotopic (exact) mass is 244 g/mol. The summed E-state index contributed by atoms with van der Waals surface area (Å²) in [5, 5.41) is 0. The van der Waals surface area contributed by atoms with Crippen LogP contribution < -0.4 is 0 Å². The van der Waals surface area contributed by atoms with Crippen LogP contribution in [0, 0.1) is 11.8 Å². The van der Waals surface area contributed by atoms with Crippen molar-refractivity contribution in [2.24, 2.45) is 11.8 Å². The van der Waals surface area contributed by atoms with E-state index in [0.29, 0.717) is 11.7 Å². The molecule has 0 spiro atoms. The van der Waals surface area contributed by atoms with Crippen LogP contribution >= 0.6 is 0 Å². The Balaban J connectivity index is 2.10. The third-order valence-corrected chi connectivity index (χ3v) is 4.29. The van der Waals surface area contributed by atoms with E-state index in [4.69, 9.17) is 0 Å². The van der Waals surface area contributed by atoms with Gasteiger partial charge in [-0.3, -0.25) is 4.79 Å². The number of carbonyl (C=O) groups is 1. The van der Waals surface area contributed by atoms with Crippen LogP contribution in [0.5, 0.6) is 0 Å². The summed E-state index contributed by atoms with van der Waals surface area (Å²) in [7, 11) is 0. The lowest BCUT2D eigenvalue weighted by atomic mass is 9.75. The van der Waals surface area contributed by atoms with E-state index >= 15 is 0 Å². The maximum absolute atomic E-state index is 12.7. The number of rotatable bonds is 4. The predicted molar refractivity (Wildman–Crippen MR) is 75.6 cm³/mol. The Hall–Kier alpha value is -1.11. The summed E-state index contributed by atoms with van der Waals surface area (Å²) in [6.07, 6.45) is 5.65. The van der Waals surface area contributed by atoms with E-state index in [1.807, 2.05) is 18.2 Å². The zero-order chi connectivity index (χ0) is 13.0. The molecule has 1 nitrogen and oxygen atoms in total. The molecule has 0 amide bonds. The second kappa shape index (κ2) is 6.17. The normalized spacial score (nSPS) is 25.7. The average Bonchev–Trinajstić information content (AvgIpc) is 2.41. The van der Waals surface area contributed by atoms with Gasteiger partial charge in [-0.05, 0) is 30.7 Å². The van der Waals surface area contributed by atoms with Crippen molar-refractivity contribution in [3.05, 3.63) is 35.9 Å². The van der Waals surface area contributed by atoms with Gasteiger partial charge in [-0.2, -0.15) is 0 Å². The van der Waals surface area contributed by atoms with Crippen LogP contribution in [-0.2, 0) is 4.79 Å². The molecule has 1 aromatic carbocycles. The summed E-state index contributed by atoms with van der Waals surface area (Å²) >= 11 is 0. The molecule has 1 fully saturated rings. The molecule has 0 heterocycles. The Morgan fingerprint density at radius 2 is 2.00 bits per heavy atom. The Labute approximate surface area is 111 Å². The summed E-state index contributed by atoms with van der Waals surface area (Å²) in [4.78, 5) is 12.7. The van der Waals surface area contributed by atoms with Crippen LogP contribution in [-0.4, -0.2) is 5.78 Å². The lowest BCUT2D eigenvalue weighted by Gasteiger charge is -2.28. The van der Waals surface area contributed by atoms with Gasteiger partial charge in [0.2, 0.25) is 0 Å². The molecule has 0 bridgehead atoms. The molecule has 0 saturated heterocycles. The van der Waals surface area contributed by atoms with Crippen molar-refractivity contribution in [3.8, 4) is 0 Å². The number of benzene rings is 1. The molecule has 1 aromatic rings. The Bertz CT molecular complexity index is 382. The Morgan fingerprint density at radius 1 is 1.28 bits per heavy atom. The first-order valence-electron chi connectivity index (χ1n) is 7.31. The molecule has 1 aliphatic rings. The predicted octanol–water partition coefficient (Wildman–Crippen LogP) is 4.58. The van der Waals surface area contributed by atoms with Crippen LogP contribution in [0.25, 0.3) is 0 Å². The molecule has 0 aliphatic heterocycles. The summed E-state index contributed by atoms with van der Waals surface area (Å²) in [6, 6.07) is 10.3. The molecule has 0 N–H and O–H groups in total. The fourth-order valence-electron chi connectivity index (χ4n) is 3.26. The fourth-order valence-corrected chi connectivity index (χ4v) is 3.26. The first-order chi connectivity index (χ1) is 8.72. The molecule has 1 saturated carbocycles. The summed E-state index contributed by atoms with van der Waals surface area (Å²) in [5.74, 6) is 1.62. The van der Waals surface area contributed by atoms with Crippen molar-refractivity contribution in [1.82, 2.24) is 0 Å². The highest BCUT2D eigenvalue weighted by atomic mass is 16.1. The standard InChI is InChI=1S/C17H24O/c1-3-16(14-9-5-4-6-10-14)17(18)15-11-7-8-13(2)12-15/h4-6,9-10,13,15-16H,3,7-8,11-12H2,1-2H3. The number of Topliss-reactive ketones (excluding diaryl/α,β-unsaturated/α-hetero) is 1. The highest BCUT2D eigenvalue weighted by Crippen LogP contribution is 2.34. The highest BCUT2D eigenvalue weighted by molar-refractivity contribution is 5.87. The van der Waals surface area contributed by atoms with E-state index in [9.17, 15) is 4.79 Å². The van der Waals surface area contributed by atoms with E-state index in [2.05, 4.69) is 26.0 Å². The topological polar surface area (TPSA) is 17.1 Å². The third-order valence-electron chi connectivity index (χ3n) is 4.29. The molecule has 1 aliphatic carbocycles. The minimum atomic E-state index is 0.112. The maximum atomic E-state index is 12.7. The Morgan fingerprint density at radius 3 is 2.61 bits per heavy atom. The van der Waals surface area contributed by atoms with E-state index < -0.39 is 0 Å². The number of ketones is 1. The van der Waals surface area contributed by atoms with Gasteiger partial charge in [0.15, 0.2) is 0 Å². The quantitative estimate of drug-likeness (QED) is 0.758. The van der Waals surface area contributed by atoms with Crippen molar-refractivity contribution < 1.29 is 4.79 Å². The van der Waals surface area contributed by atoms with Crippen molar-refractivity contribution >= 4 is 5.78 Å². The lowest BCUT2D eigenvalue weighted by molar-refractivity contribution is -0.125. The number of hydrogen-bond donors (Lipinski definition) is 0. The Kier molecular flexibility index (Phi) is 4.57. The van der Waals surface area contributed by atoms with Crippen molar-refractivity contribution in [2.45, 2.75) is 51.9 Å². The maximum Gasteiger partial charge on any atom is 0.143 e. The van der Waals surface area contributed by atoms with Crippen LogP contribution in [0.3, 0.4) is 0 Å².